The average molecular weight is 388 g/mol. The molecule has 0 nitrogen and oxygen atoms in total. The van der Waals surface area contributed by atoms with Crippen LogP contribution < -0.4 is 0 Å². The number of rotatable bonds is 5. The van der Waals surface area contributed by atoms with E-state index in [9.17, 15) is 0 Å². The zero-order valence-corrected chi connectivity index (χ0v) is 14.9. The van der Waals surface area contributed by atoms with Gasteiger partial charge in [0.15, 0.2) is 0 Å². The molecule has 0 N–H and O–H groups in total. The average Bonchev–Trinajstić information content (AvgIpc) is 2.47. The van der Waals surface area contributed by atoms with Gasteiger partial charge in [0.25, 0.3) is 0 Å². The standard InChI is InChI=1S/C20H21I/c1-5-15-7-10-18(11-8-15)20(3,4)14-17-13-19(21)12-9-16(17)6-2/h5-13H,1-2,14H2,3-4H3. The van der Waals surface area contributed by atoms with E-state index in [2.05, 4.69) is 92.1 Å². The Hall–Kier alpha value is -1.35. The molecular formula is C20H21I. The summed E-state index contributed by atoms with van der Waals surface area (Å²) in [6.07, 6.45) is 4.83. The normalized spacial score (nSPS) is 11.2. The Balaban J connectivity index is 2.33. The third kappa shape index (κ3) is 3.85. The number of benzene rings is 2. The lowest BCUT2D eigenvalue weighted by Crippen LogP contribution is -2.21. The fourth-order valence-corrected chi connectivity index (χ4v) is 3.13. The molecule has 21 heavy (non-hydrogen) atoms. The molecule has 0 aliphatic heterocycles. The van der Waals surface area contributed by atoms with Crippen LogP contribution >= 0.6 is 22.6 Å². The quantitative estimate of drug-likeness (QED) is 0.543. The smallest absolute Gasteiger partial charge is 0.0133 e. The Bertz CT molecular complexity index is 648. The highest BCUT2D eigenvalue weighted by molar-refractivity contribution is 14.1. The number of hydrogen-bond acceptors (Lipinski definition) is 0. The van der Waals surface area contributed by atoms with Crippen LogP contribution in [0.15, 0.2) is 55.6 Å². The molecule has 0 spiro atoms. The molecular weight excluding hydrogens is 367 g/mol. The van der Waals surface area contributed by atoms with Crippen molar-refractivity contribution in [1.29, 1.82) is 0 Å². The highest BCUT2D eigenvalue weighted by Crippen LogP contribution is 2.30. The lowest BCUT2D eigenvalue weighted by atomic mass is 9.78. The van der Waals surface area contributed by atoms with Gasteiger partial charge in [-0.15, -0.1) is 0 Å². The summed E-state index contributed by atoms with van der Waals surface area (Å²) in [5, 5.41) is 0. The van der Waals surface area contributed by atoms with Crippen LogP contribution in [0, 0.1) is 3.57 Å². The Morgan fingerprint density at radius 2 is 1.67 bits per heavy atom. The van der Waals surface area contributed by atoms with Crippen molar-refractivity contribution in [2.45, 2.75) is 25.7 Å². The molecule has 0 saturated carbocycles. The fourth-order valence-electron chi connectivity index (χ4n) is 2.58. The van der Waals surface area contributed by atoms with Gasteiger partial charge in [-0.3, -0.25) is 0 Å². The summed E-state index contributed by atoms with van der Waals surface area (Å²) in [5.74, 6) is 0. The van der Waals surface area contributed by atoms with Crippen LogP contribution in [0.5, 0.6) is 0 Å². The van der Waals surface area contributed by atoms with E-state index in [1.54, 1.807) is 0 Å². The van der Waals surface area contributed by atoms with Crippen molar-refractivity contribution < 1.29 is 0 Å². The molecule has 0 radical (unpaired) electrons. The molecule has 0 unspecified atom stereocenters. The van der Waals surface area contributed by atoms with Gasteiger partial charge in [0.1, 0.15) is 0 Å². The first-order valence-corrected chi connectivity index (χ1v) is 8.18. The highest BCUT2D eigenvalue weighted by atomic mass is 127. The Kier molecular flexibility index (Phi) is 5.04. The minimum atomic E-state index is 0.0852. The van der Waals surface area contributed by atoms with Crippen LogP contribution in [-0.4, -0.2) is 0 Å². The van der Waals surface area contributed by atoms with E-state index in [1.807, 2.05) is 12.2 Å². The van der Waals surface area contributed by atoms with Gasteiger partial charge in [-0.05, 0) is 68.8 Å². The van der Waals surface area contributed by atoms with Gasteiger partial charge < -0.3 is 0 Å². The van der Waals surface area contributed by atoms with Gasteiger partial charge >= 0.3 is 0 Å². The van der Waals surface area contributed by atoms with Gasteiger partial charge in [-0.2, -0.15) is 0 Å². The largest absolute Gasteiger partial charge is 0.0985 e. The molecule has 1 heteroatoms. The second-order valence-electron chi connectivity index (χ2n) is 5.93. The van der Waals surface area contributed by atoms with E-state index < -0.39 is 0 Å². The van der Waals surface area contributed by atoms with E-state index >= 15 is 0 Å². The third-order valence-corrected chi connectivity index (χ3v) is 4.56. The van der Waals surface area contributed by atoms with Gasteiger partial charge in [0, 0.05) is 3.57 Å². The van der Waals surface area contributed by atoms with Gasteiger partial charge in [-0.25, -0.2) is 0 Å². The Morgan fingerprint density at radius 3 is 2.24 bits per heavy atom. The zero-order chi connectivity index (χ0) is 15.5. The molecule has 2 aromatic carbocycles. The molecule has 0 heterocycles. The maximum Gasteiger partial charge on any atom is 0.0133 e. The van der Waals surface area contributed by atoms with E-state index in [-0.39, 0.29) is 5.41 Å². The summed E-state index contributed by atoms with van der Waals surface area (Å²) in [4.78, 5) is 0. The van der Waals surface area contributed by atoms with Crippen molar-refractivity contribution in [3.05, 3.63) is 81.4 Å². The highest BCUT2D eigenvalue weighted by Gasteiger charge is 2.22. The van der Waals surface area contributed by atoms with E-state index in [4.69, 9.17) is 0 Å². The summed E-state index contributed by atoms with van der Waals surface area (Å²) in [6.45, 7) is 12.3. The van der Waals surface area contributed by atoms with Crippen molar-refractivity contribution in [3.8, 4) is 0 Å². The van der Waals surface area contributed by atoms with Crippen molar-refractivity contribution in [2.24, 2.45) is 0 Å². The molecule has 0 aromatic heterocycles. The maximum atomic E-state index is 3.93. The first kappa shape index (κ1) is 16.0. The van der Waals surface area contributed by atoms with Crippen LogP contribution in [0.25, 0.3) is 12.2 Å². The van der Waals surface area contributed by atoms with Crippen LogP contribution in [0.3, 0.4) is 0 Å². The summed E-state index contributed by atoms with van der Waals surface area (Å²) in [5.41, 5.74) is 5.18. The summed E-state index contributed by atoms with van der Waals surface area (Å²) in [7, 11) is 0. The SMILES string of the molecule is C=Cc1ccc(C(C)(C)Cc2cc(I)ccc2C=C)cc1. The van der Waals surface area contributed by atoms with Gasteiger partial charge in [-0.1, -0.05) is 69.5 Å². The molecule has 2 rings (SSSR count). The second kappa shape index (κ2) is 6.61. The molecule has 0 aliphatic rings. The fraction of sp³-hybridized carbons (Fsp3) is 0.200. The van der Waals surface area contributed by atoms with Crippen molar-refractivity contribution >= 4 is 34.7 Å². The first-order chi connectivity index (χ1) is 9.96. The summed E-state index contributed by atoms with van der Waals surface area (Å²) >= 11 is 2.37. The second-order valence-corrected chi connectivity index (χ2v) is 7.18. The van der Waals surface area contributed by atoms with Crippen LogP contribution in [0.1, 0.15) is 36.1 Å². The van der Waals surface area contributed by atoms with E-state index in [0.717, 1.165) is 12.0 Å². The van der Waals surface area contributed by atoms with Crippen molar-refractivity contribution in [3.63, 3.8) is 0 Å². The Morgan fingerprint density at radius 1 is 1.00 bits per heavy atom. The number of hydrogen-bond donors (Lipinski definition) is 0. The molecule has 0 atom stereocenters. The lowest BCUT2D eigenvalue weighted by Gasteiger charge is -2.26. The van der Waals surface area contributed by atoms with Crippen molar-refractivity contribution in [1.82, 2.24) is 0 Å². The van der Waals surface area contributed by atoms with E-state index in [1.165, 1.54) is 20.3 Å². The number of halogens is 1. The molecule has 0 aliphatic carbocycles. The van der Waals surface area contributed by atoms with Crippen LogP contribution in [-0.2, 0) is 11.8 Å². The summed E-state index contributed by atoms with van der Waals surface area (Å²) in [6, 6.07) is 15.2. The van der Waals surface area contributed by atoms with Crippen LogP contribution in [0.2, 0.25) is 0 Å². The van der Waals surface area contributed by atoms with Gasteiger partial charge in [0.05, 0.1) is 0 Å². The van der Waals surface area contributed by atoms with Crippen LogP contribution in [0.4, 0.5) is 0 Å². The minimum absolute atomic E-state index is 0.0852. The molecule has 0 fully saturated rings. The molecule has 0 amide bonds. The predicted octanol–water partition coefficient (Wildman–Crippen LogP) is 6.10. The first-order valence-electron chi connectivity index (χ1n) is 7.10. The zero-order valence-electron chi connectivity index (χ0n) is 12.7. The van der Waals surface area contributed by atoms with Gasteiger partial charge in [0.2, 0.25) is 0 Å². The predicted molar refractivity (Wildman–Crippen MR) is 103 cm³/mol. The van der Waals surface area contributed by atoms with Crippen molar-refractivity contribution in [2.75, 3.05) is 0 Å². The monoisotopic (exact) mass is 388 g/mol. The lowest BCUT2D eigenvalue weighted by molar-refractivity contribution is 0.522. The molecule has 0 saturated heterocycles. The Labute approximate surface area is 141 Å². The summed E-state index contributed by atoms with van der Waals surface area (Å²) < 4.78 is 1.27. The third-order valence-electron chi connectivity index (χ3n) is 3.89. The molecule has 108 valence electrons. The maximum absolute atomic E-state index is 3.93. The van der Waals surface area contributed by atoms with E-state index in [0.29, 0.717) is 0 Å². The molecule has 2 aromatic rings. The minimum Gasteiger partial charge on any atom is -0.0985 e. The topological polar surface area (TPSA) is 0 Å². The molecule has 0 bridgehead atoms.